The number of amides is 1. The zero-order chi connectivity index (χ0) is 10.1. The Labute approximate surface area is 80.7 Å². The van der Waals surface area contributed by atoms with Crippen molar-refractivity contribution in [1.29, 1.82) is 0 Å². The Hall–Kier alpha value is -0.570. The quantitative estimate of drug-likeness (QED) is 0.556. The van der Waals surface area contributed by atoms with Crippen LogP contribution in [0.2, 0.25) is 0 Å². The molecule has 0 spiro atoms. The molecule has 0 atom stereocenters. The van der Waals surface area contributed by atoms with Crippen LogP contribution < -0.4 is 0 Å². The van der Waals surface area contributed by atoms with E-state index in [2.05, 4.69) is 11.9 Å². The molecule has 1 fully saturated rings. The van der Waals surface area contributed by atoms with Crippen molar-refractivity contribution in [2.24, 2.45) is 5.41 Å². The van der Waals surface area contributed by atoms with Crippen LogP contribution in [0, 0.1) is 5.41 Å². The van der Waals surface area contributed by atoms with Gasteiger partial charge in [0, 0.05) is 31.6 Å². The summed E-state index contributed by atoms with van der Waals surface area (Å²) in [5.41, 5.74) is -0.226. The van der Waals surface area contributed by atoms with Gasteiger partial charge < -0.3 is 9.80 Å². The van der Waals surface area contributed by atoms with Crippen LogP contribution in [0.5, 0.6) is 0 Å². The van der Waals surface area contributed by atoms with Gasteiger partial charge in [-0.2, -0.15) is 0 Å². The first-order chi connectivity index (χ1) is 5.91. The van der Waals surface area contributed by atoms with Crippen LogP contribution in [0.25, 0.3) is 0 Å². The molecular weight excluding hydrogens is 164 g/mol. The predicted octanol–water partition coefficient (Wildman–Crippen LogP) is 0.806. The molecule has 3 heteroatoms. The topological polar surface area (TPSA) is 23.6 Å². The van der Waals surface area contributed by atoms with Crippen molar-refractivity contribution in [3.05, 3.63) is 0 Å². The van der Waals surface area contributed by atoms with Crippen molar-refractivity contribution in [3.8, 4) is 0 Å². The maximum atomic E-state index is 11.8. The molecule has 13 heavy (non-hydrogen) atoms. The number of hydrogen-bond acceptors (Lipinski definition) is 2. The highest BCUT2D eigenvalue weighted by Crippen LogP contribution is 2.18. The maximum Gasteiger partial charge on any atom is 0.228 e. The zero-order valence-corrected chi connectivity index (χ0v) is 9.13. The van der Waals surface area contributed by atoms with E-state index in [0.717, 1.165) is 26.2 Å². The average molecular weight is 184 g/mol. The van der Waals surface area contributed by atoms with Crippen molar-refractivity contribution in [3.63, 3.8) is 0 Å². The van der Waals surface area contributed by atoms with Gasteiger partial charge in [0.1, 0.15) is 0 Å². The first-order valence-corrected chi connectivity index (χ1v) is 4.89. The molecule has 1 rings (SSSR count). The second-order valence-corrected chi connectivity index (χ2v) is 4.85. The maximum absolute atomic E-state index is 11.8. The Morgan fingerprint density at radius 3 is 1.92 bits per heavy atom. The molecule has 0 radical (unpaired) electrons. The standard InChI is InChI=1S/C10H20N2O/c1-10(2,3)9(13)12-7-5-11(4)6-8-12/h5-8H2,1-4H3. The van der Waals surface area contributed by atoms with E-state index in [1.807, 2.05) is 25.7 Å². The Morgan fingerprint density at radius 2 is 1.54 bits per heavy atom. The van der Waals surface area contributed by atoms with Gasteiger partial charge in [0.25, 0.3) is 0 Å². The molecule has 0 N–H and O–H groups in total. The molecular formula is C10H20N2O. The van der Waals surface area contributed by atoms with E-state index in [1.165, 1.54) is 0 Å². The average Bonchev–Trinajstić information content (AvgIpc) is 2.03. The van der Waals surface area contributed by atoms with Gasteiger partial charge in [0.05, 0.1) is 0 Å². The monoisotopic (exact) mass is 184 g/mol. The SMILES string of the molecule is CN1CCN(C(=O)C(C)(C)C)CC1. The first-order valence-electron chi connectivity index (χ1n) is 4.89. The molecule has 0 bridgehead atoms. The molecule has 0 aromatic rings. The molecule has 0 aromatic heterocycles. The molecule has 0 aliphatic carbocycles. The highest BCUT2D eigenvalue weighted by Gasteiger charge is 2.28. The Kier molecular flexibility index (Phi) is 2.96. The summed E-state index contributed by atoms with van der Waals surface area (Å²) in [5, 5.41) is 0. The Bertz CT molecular complexity index is 188. The van der Waals surface area contributed by atoms with Crippen molar-refractivity contribution >= 4 is 5.91 Å². The van der Waals surface area contributed by atoms with Crippen molar-refractivity contribution < 1.29 is 4.79 Å². The third-order valence-corrected chi connectivity index (χ3v) is 2.43. The molecule has 3 nitrogen and oxygen atoms in total. The Balaban J connectivity index is 2.50. The summed E-state index contributed by atoms with van der Waals surface area (Å²) in [4.78, 5) is 16.1. The minimum atomic E-state index is -0.226. The lowest BCUT2D eigenvalue weighted by Gasteiger charge is -2.36. The van der Waals surface area contributed by atoms with Crippen LogP contribution in [0.4, 0.5) is 0 Å². The third-order valence-electron chi connectivity index (χ3n) is 2.43. The zero-order valence-electron chi connectivity index (χ0n) is 9.13. The van der Waals surface area contributed by atoms with Crippen molar-refractivity contribution in [2.45, 2.75) is 20.8 Å². The molecule has 0 aromatic carbocycles. The highest BCUT2D eigenvalue weighted by molar-refractivity contribution is 5.81. The number of carbonyl (C=O) groups is 1. The Morgan fingerprint density at radius 1 is 1.08 bits per heavy atom. The molecule has 1 heterocycles. The smallest absolute Gasteiger partial charge is 0.228 e. The van der Waals surface area contributed by atoms with E-state index >= 15 is 0 Å². The third kappa shape index (κ3) is 2.69. The molecule has 76 valence electrons. The van der Waals surface area contributed by atoms with Crippen molar-refractivity contribution in [1.82, 2.24) is 9.80 Å². The van der Waals surface area contributed by atoms with Gasteiger partial charge in [-0.15, -0.1) is 0 Å². The van der Waals surface area contributed by atoms with Gasteiger partial charge in [-0.3, -0.25) is 4.79 Å². The minimum Gasteiger partial charge on any atom is -0.340 e. The van der Waals surface area contributed by atoms with Crippen LogP contribution >= 0.6 is 0 Å². The van der Waals surface area contributed by atoms with Crippen LogP contribution in [-0.2, 0) is 4.79 Å². The van der Waals surface area contributed by atoms with Gasteiger partial charge in [0.15, 0.2) is 0 Å². The fourth-order valence-corrected chi connectivity index (χ4v) is 1.48. The number of carbonyl (C=O) groups excluding carboxylic acids is 1. The number of likely N-dealkylation sites (N-methyl/N-ethyl adjacent to an activating group) is 1. The van der Waals surface area contributed by atoms with Gasteiger partial charge in [-0.05, 0) is 7.05 Å². The molecule has 0 saturated carbocycles. The normalized spacial score (nSPS) is 20.5. The van der Waals surface area contributed by atoms with Crippen LogP contribution in [0.3, 0.4) is 0 Å². The number of rotatable bonds is 0. The van der Waals surface area contributed by atoms with E-state index in [9.17, 15) is 4.79 Å². The molecule has 1 aliphatic heterocycles. The van der Waals surface area contributed by atoms with Gasteiger partial charge in [0.2, 0.25) is 5.91 Å². The summed E-state index contributed by atoms with van der Waals surface area (Å²) in [6.07, 6.45) is 0. The first kappa shape index (κ1) is 10.5. The van der Waals surface area contributed by atoms with Crippen LogP contribution in [-0.4, -0.2) is 48.9 Å². The van der Waals surface area contributed by atoms with E-state index in [1.54, 1.807) is 0 Å². The summed E-state index contributed by atoms with van der Waals surface area (Å²) in [7, 11) is 2.10. The summed E-state index contributed by atoms with van der Waals surface area (Å²) in [5.74, 6) is 0.278. The molecule has 1 aliphatic rings. The van der Waals surface area contributed by atoms with E-state index in [0.29, 0.717) is 0 Å². The van der Waals surface area contributed by atoms with Gasteiger partial charge in [-0.1, -0.05) is 20.8 Å². The van der Waals surface area contributed by atoms with Gasteiger partial charge in [-0.25, -0.2) is 0 Å². The van der Waals surface area contributed by atoms with Gasteiger partial charge >= 0.3 is 0 Å². The van der Waals surface area contributed by atoms with Crippen LogP contribution in [0.1, 0.15) is 20.8 Å². The summed E-state index contributed by atoms with van der Waals surface area (Å²) >= 11 is 0. The fourth-order valence-electron chi connectivity index (χ4n) is 1.48. The summed E-state index contributed by atoms with van der Waals surface area (Å²) in [6.45, 7) is 9.71. The lowest BCUT2D eigenvalue weighted by Crippen LogP contribution is -2.50. The van der Waals surface area contributed by atoms with Crippen molar-refractivity contribution in [2.75, 3.05) is 33.2 Å². The highest BCUT2D eigenvalue weighted by atomic mass is 16.2. The fraction of sp³-hybridized carbons (Fsp3) is 0.900. The molecule has 1 amide bonds. The van der Waals surface area contributed by atoms with E-state index in [4.69, 9.17) is 0 Å². The lowest BCUT2D eigenvalue weighted by molar-refractivity contribution is -0.141. The summed E-state index contributed by atoms with van der Waals surface area (Å²) in [6, 6.07) is 0. The predicted molar refractivity (Wildman–Crippen MR) is 53.5 cm³/mol. The van der Waals surface area contributed by atoms with E-state index < -0.39 is 0 Å². The largest absolute Gasteiger partial charge is 0.340 e. The summed E-state index contributed by atoms with van der Waals surface area (Å²) < 4.78 is 0. The number of nitrogens with zero attached hydrogens (tertiary/aromatic N) is 2. The van der Waals surface area contributed by atoms with E-state index in [-0.39, 0.29) is 11.3 Å². The molecule has 1 saturated heterocycles. The molecule has 0 unspecified atom stereocenters. The second-order valence-electron chi connectivity index (χ2n) is 4.85. The minimum absolute atomic E-state index is 0.226. The second kappa shape index (κ2) is 3.66. The number of hydrogen-bond donors (Lipinski definition) is 0. The number of piperazine rings is 1. The lowest BCUT2D eigenvalue weighted by atomic mass is 9.94. The van der Waals surface area contributed by atoms with Crippen LogP contribution in [0.15, 0.2) is 0 Å².